The van der Waals surface area contributed by atoms with Crippen molar-refractivity contribution in [2.45, 2.75) is 31.8 Å². The zero-order valence-corrected chi connectivity index (χ0v) is 17.2. The molecule has 1 saturated carbocycles. The van der Waals surface area contributed by atoms with Crippen molar-refractivity contribution < 1.29 is 14.3 Å². The summed E-state index contributed by atoms with van der Waals surface area (Å²) in [7, 11) is 5.96. The molecule has 0 radical (unpaired) electrons. The minimum atomic E-state index is -0.714. The average molecular weight is 397 g/mol. The highest BCUT2D eigenvalue weighted by molar-refractivity contribution is 6.40. The molecule has 0 saturated heterocycles. The monoisotopic (exact) mass is 396 g/mol. The van der Waals surface area contributed by atoms with Crippen molar-refractivity contribution in [1.29, 1.82) is 0 Å². The molecule has 150 valence electrons. The van der Waals surface area contributed by atoms with E-state index >= 15 is 0 Å². The van der Waals surface area contributed by atoms with Crippen molar-refractivity contribution in [1.82, 2.24) is 15.1 Å². The lowest BCUT2D eigenvalue weighted by atomic mass is 10.2. The molecule has 0 unspecified atom stereocenters. The van der Waals surface area contributed by atoms with E-state index in [1.54, 1.807) is 18.2 Å². The highest BCUT2D eigenvalue weighted by Crippen LogP contribution is 2.28. The first-order valence-corrected chi connectivity index (χ1v) is 9.54. The van der Waals surface area contributed by atoms with Gasteiger partial charge in [0.05, 0.1) is 5.02 Å². The van der Waals surface area contributed by atoms with Crippen LogP contribution in [0.15, 0.2) is 18.2 Å². The third-order valence-electron chi connectivity index (χ3n) is 4.57. The summed E-state index contributed by atoms with van der Waals surface area (Å²) in [6, 6.07) is 5.69. The van der Waals surface area contributed by atoms with Crippen molar-refractivity contribution in [3.63, 3.8) is 0 Å². The Morgan fingerprint density at radius 1 is 1.26 bits per heavy atom. The van der Waals surface area contributed by atoms with Gasteiger partial charge in [-0.2, -0.15) is 0 Å². The van der Waals surface area contributed by atoms with Gasteiger partial charge in [-0.15, -0.1) is 0 Å². The number of amides is 2. The minimum Gasteiger partial charge on any atom is -0.491 e. The van der Waals surface area contributed by atoms with E-state index in [4.69, 9.17) is 16.3 Å². The predicted octanol–water partition coefficient (Wildman–Crippen LogP) is 1.82. The Hall–Kier alpha value is -1.83. The zero-order valence-electron chi connectivity index (χ0n) is 16.4. The van der Waals surface area contributed by atoms with Crippen molar-refractivity contribution in [3.05, 3.63) is 23.2 Å². The van der Waals surface area contributed by atoms with Gasteiger partial charge < -0.3 is 20.3 Å². The fourth-order valence-electron chi connectivity index (χ4n) is 2.53. The number of rotatable bonds is 9. The molecular weight excluding hydrogens is 368 g/mol. The lowest BCUT2D eigenvalue weighted by Crippen LogP contribution is -2.44. The van der Waals surface area contributed by atoms with Crippen LogP contribution in [0.5, 0.6) is 5.75 Å². The molecular formula is C19H29ClN4O3. The summed E-state index contributed by atoms with van der Waals surface area (Å²) >= 11 is 6.18. The standard InChI is InChI=1S/C19H29ClN4O3/c1-13(24(4)15-6-7-15)12-21-18(25)19(26)22-14-5-8-17(16(20)11-14)27-10-9-23(2)3/h5,8,11,13,15H,6-7,9-10,12H2,1-4H3,(H,21,25)(H,22,26)/t13-/m1/s1. The Labute approximate surface area is 166 Å². The lowest BCUT2D eigenvalue weighted by Gasteiger charge is -2.24. The molecule has 8 heteroatoms. The minimum absolute atomic E-state index is 0.183. The highest BCUT2D eigenvalue weighted by Gasteiger charge is 2.29. The molecule has 1 atom stereocenters. The number of hydrogen-bond donors (Lipinski definition) is 2. The zero-order chi connectivity index (χ0) is 20.0. The molecule has 0 heterocycles. The van der Waals surface area contributed by atoms with Gasteiger partial charge in [0.15, 0.2) is 0 Å². The maximum absolute atomic E-state index is 12.1. The van der Waals surface area contributed by atoms with Crippen LogP contribution in [0.4, 0.5) is 5.69 Å². The van der Waals surface area contributed by atoms with Crippen LogP contribution >= 0.6 is 11.6 Å². The predicted molar refractivity (Wildman–Crippen MR) is 107 cm³/mol. The van der Waals surface area contributed by atoms with Gasteiger partial charge in [-0.3, -0.25) is 14.5 Å². The molecule has 27 heavy (non-hydrogen) atoms. The molecule has 1 fully saturated rings. The molecule has 1 aromatic carbocycles. The van der Waals surface area contributed by atoms with Crippen LogP contribution in [0, 0.1) is 0 Å². The van der Waals surface area contributed by atoms with Gasteiger partial charge in [-0.1, -0.05) is 11.6 Å². The van der Waals surface area contributed by atoms with Crippen molar-refractivity contribution in [3.8, 4) is 5.75 Å². The fourth-order valence-corrected chi connectivity index (χ4v) is 2.76. The van der Waals surface area contributed by atoms with E-state index < -0.39 is 11.8 Å². The number of halogens is 1. The van der Waals surface area contributed by atoms with Gasteiger partial charge in [0, 0.05) is 30.9 Å². The SMILES string of the molecule is C[C@H](CNC(=O)C(=O)Nc1ccc(OCCN(C)C)c(Cl)c1)N(C)C1CC1. The van der Waals surface area contributed by atoms with Crippen molar-refractivity contribution in [2.75, 3.05) is 46.2 Å². The Kier molecular flexibility index (Phi) is 7.89. The number of carbonyl (C=O) groups excluding carboxylic acids is 2. The van der Waals surface area contributed by atoms with Crippen LogP contribution in [-0.2, 0) is 9.59 Å². The van der Waals surface area contributed by atoms with Crippen molar-refractivity contribution in [2.24, 2.45) is 0 Å². The lowest BCUT2D eigenvalue weighted by molar-refractivity contribution is -0.136. The maximum atomic E-state index is 12.1. The first kappa shape index (κ1) is 21.5. The second kappa shape index (κ2) is 9.92. The third kappa shape index (κ3) is 7.01. The molecule has 0 aliphatic heterocycles. The van der Waals surface area contributed by atoms with E-state index in [0.29, 0.717) is 35.7 Å². The first-order chi connectivity index (χ1) is 12.8. The van der Waals surface area contributed by atoms with E-state index in [-0.39, 0.29) is 6.04 Å². The van der Waals surface area contributed by atoms with Crippen LogP contribution in [0.2, 0.25) is 5.02 Å². The van der Waals surface area contributed by atoms with E-state index in [1.165, 1.54) is 12.8 Å². The third-order valence-corrected chi connectivity index (χ3v) is 4.86. The van der Waals surface area contributed by atoms with Gasteiger partial charge in [0.25, 0.3) is 0 Å². The van der Waals surface area contributed by atoms with Gasteiger partial charge in [-0.25, -0.2) is 0 Å². The summed E-state index contributed by atoms with van der Waals surface area (Å²) in [5.74, 6) is -0.833. The Balaban J connectivity index is 1.79. The largest absolute Gasteiger partial charge is 0.491 e. The summed E-state index contributed by atoms with van der Waals surface area (Å²) in [6.45, 7) is 3.74. The summed E-state index contributed by atoms with van der Waals surface area (Å²) < 4.78 is 5.60. The molecule has 0 bridgehead atoms. The topological polar surface area (TPSA) is 73.9 Å². The number of nitrogens with zero attached hydrogens (tertiary/aromatic N) is 2. The molecule has 0 aromatic heterocycles. The molecule has 1 aromatic rings. The number of likely N-dealkylation sites (N-methyl/N-ethyl adjacent to an activating group) is 2. The van der Waals surface area contributed by atoms with Gasteiger partial charge in [0.1, 0.15) is 12.4 Å². The van der Waals surface area contributed by atoms with Crippen LogP contribution < -0.4 is 15.4 Å². The number of carbonyl (C=O) groups is 2. The Bertz CT molecular complexity index is 664. The maximum Gasteiger partial charge on any atom is 0.313 e. The molecule has 1 aliphatic carbocycles. The number of anilines is 1. The van der Waals surface area contributed by atoms with Gasteiger partial charge in [-0.05, 0) is 59.1 Å². The van der Waals surface area contributed by atoms with E-state index in [2.05, 4.69) is 15.5 Å². The summed E-state index contributed by atoms with van der Waals surface area (Å²) in [5, 5.41) is 5.62. The molecule has 0 spiro atoms. The van der Waals surface area contributed by atoms with Gasteiger partial charge in [0.2, 0.25) is 0 Å². The van der Waals surface area contributed by atoms with E-state index in [0.717, 1.165) is 6.54 Å². The molecule has 7 nitrogen and oxygen atoms in total. The number of ether oxygens (including phenoxy) is 1. The second-order valence-electron chi connectivity index (χ2n) is 7.21. The van der Waals surface area contributed by atoms with Crippen LogP contribution in [-0.4, -0.2) is 74.5 Å². The van der Waals surface area contributed by atoms with Crippen molar-refractivity contribution >= 4 is 29.1 Å². The second-order valence-corrected chi connectivity index (χ2v) is 7.61. The molecule has 1 aliphatic rings. The van der Waals surface area contributed by atoms with Gasteiger partial charge >= 0.3 is 11.8 Å². The average Bonchev–Trinajstić information content (AvgIpc) is 3.45. The number of nitrogens with one attached hydrogen (secondary N) is 2. The summed E-state index contributed by atoms with van der Waals surface area (Å²) in [4.78, 5) is 28.3. The number of benzene rings is 1. The van der Waals surface area contributed by atoms with E-state index in [1.807, 2.05) is 33.0 Å². The molecule has 2 rings (SSSR count). The van der Waals surface area contributed by atoms with Crippen LogP contribution in [0.25, 0.3) is 0 Å². The molecule has 2 amide bonds. The first-order valence-electron chi connectivity index (χ1n) is 9.16. The normalized spacial score (nSPS) is 14.9. The fraction of sp³-hybridized carbons (Fsp3) is 0.579. The smallest absolute Gasteiger partial charge is 0.313 e. The Morgan fingerprint density at radius 3 is 2.56 bits per heavy atom. The van der Waals surface area contributed by atoms with E-state index in [9.17, 15) is 9.59 Å². The summed E-state index contributed by atoms with van der Waals surface area (Å²) in [6.07, 6.45) is 2.40. The Morgan fingerprint density at radius 2 is 1.96 bits per heavy atom. The number of hydrogen-bond acceptors (Lipinski definition) is 5. The van der Waals surface area contributed by atoms with Crippen LogP contribution in [0.3, 0.4) is 0 Å². The quantitative estimate of drug-likeness (QED) is 0.623. The highest BCUT2D eigenvalue weighted by atomic mass is 35.5. The van der Waals surface area contributed by atoms with Crippen LogP contribution in [0.1, 0.15) is 19.8 Å². The molecule has 2 N–H and O–H groups in total. The summed E-state index contributed by atoms with van der Waals surface area (Å²) in [5.41, 5.74) is 0.447.